The number of amides is 1. The van der Waals surface area contributed by atoms with E-state index in [2.05, 4.69) is 4.90 Å². The topological polar surface area (TPSA) is 69.7 Å². The lowest BCUT2D eigenvalue weighted by atomic mass is 10.1. The van der Waals surface area contributed by atoms with Crippen LogP contribution in [0.4, 0.5) is 0 Å². The summed E-state index contributed by atoms with van der Waals surface area (Å²) in [6.07, 6.45) is 2.75. The minimum atomic E-state index is 0.116. The zero-order valence-corrected chi connectivity index (χ0v) is 22.4. The number of nitrogens with zero attached hydrogens (tertiary/aromatic N) is 2. The van der Waals surface area contributed by atoms with Crippen molar-refractivity contribution in [2.45, 2.75) is 17.9 Å². The molecule has 0 radical (unpaired) electrons. The molecule has 0 aliphatic carbocycles. The molecule has 36 heavy (non-hydrogen) atoms. The fraction of sp³-hybridized carbons (Fsp3) is 0.444. The normalized spacial score (nSPS) is 15.9. The third kappa shape index (κ3) is 5.52. The first-order valence-electron chi connectivity index (χ1n) is 11.9. The average molecular weight is 515 g/mol. The molecule has 0 aromatic heterocycles. The number of benzene rings is 2. The highest BCUT2D eigenvalue weighted by Crippen LogP contribution is 2.40. The van der Waals surface area contributed by atoms with E-state index < -0.39 is 0 Å². The molecule has 1 fully saturated rings. The van der Waals surface area contributed by atoms with Gasteiger partial charge in [0.25, 0.3) is 0 Å². The van der Waals surface area contributed by atoms with Gasteiger partial charge in [-0.15, -0.1) is 11.8 Å². The Labute approximate surface area is 217 Å². The first kappa shape index (κ1) is 26.0. The molecule has 0 N–H and O–H groups in total. The molecule has 0 bridgehead atoms. The van der Waals surface area contributed by atoms with Crippen molar-refractivity contribution >= 4 is 23.7 Å². The van der Waals surface area contributed by atoms with E-state index >= 15 is 0 Å². The highest BCUT2D eigenvalue weighted by molar-refractivity contribution is 7.99. The van der Waals surface area contributed by atoms with Crippen LogP contribution in [0.25, 0.3) is 6.08 Å². The van der Waals surface area contributed by atoms with Gasteiger partial charge >= 0.3 is 0 Å². The number of hydrogen-bond donors (Lipinski definition) is 0. The Balaban J connectivity index is 1.43. The van der Waals surface area contributed by atoms with Gasteiger partial charge in [-0.1, -0.05) is 0 Å². The fourth-order valence-corrected chi connectivity index (χ4v) is 5.63. The van der Waals surface area contributed by atoms with Crippen molar-refractivity contribution in [3.05, 3.63) is 41.0 Å². The molecule has 0 saturated carbocycles. The summed E-state index contributed by atoms with van der Waals surface area (Å²) in [5, 5.41) is 0. The Bertz CT molecular complexity index is 1100. The zero-order chi connectivity index (χ0) is 25.7. The van der Waals surface area contributed by atoms with Crippen molar-refractivity contribution < 1.29 is 28.5 Å². The van der Waals surface area contributed by atoms with Gasteiger partial charge in [-0.25, -0.2) is 0 Å². The van der Waals surface area contributed by atoms with Crippen LogP contribution in [-0.4, -0.2) is 83.2 Å². The Kier molecular flexibility index (Phi) is 8.53. The summed E-state index contributed by atoms with van der Waals surface area (Å²) in [4.78, 5) is 18.8. The number of methoxy groups -OCH3 is 5. The highest BCUT2D eigenvalue weighted by Gasteiger charge is 2.26. The van der Waals surface area contributed by atoms with E-state index in [4.69, 9.17) is 23.7 Å². The van der Waals surface area contributed by atoms with E-state index in [-0.39, 0.29) is 5.91 Å². The van der Waals surface area contributed by atoms with Crippen LogP contribution in [0.5, 0.6) is 28.7 Å². The molecule has 8 nitrogen and oxygen atoms in total. The predicted molar refractivity (Wildman–Crippen MR) is 141 cm³/mol. The maximum atomic E-state index is 13.4. The van der Waals surface area contributed by atoms with E-state index in [0.717, 1.165) is 53.4 Å². The Morgan fingerprint density at radius 1 is 0.806 bits per heavy atom. The first-order chi connectivity index (χ1) is 17.5. The van der Waals surface area contributed by atoms with E-state index in [9.17, 15) is 4.79 Å². The fourth-order valence-electron chi connectivity index (χ4n) is 4.61. The van der Waals surface area contributed by atoms with Gasteiger partial charge in [-0.3, -0.25) is 9.69 Å². The maximum Gasteiger partial charge on any atom is 0.249 e. The van der Waals surface area contributed by atoms with Gasteiger partial charge in [0.05, 0.1) is 35.5 Å². The molecule has 1 saturated heterocycles. The Hall–Kier alpha value is -3.04. The first-order valence-corrected chi connectivity index (χ1v) is 12.9. The number of thioether (sulfide) groups is 1. The number of ether oxygens (including phenoxy) is 5. The van der Waals surface area contributed by atoms with Crippen LogP contribution in [0.15, 0.2) is 34.7 Å². The Morgan fingerprint density at radius 3 is 2.00 bits per heavy atom. The van der Waals surface area contributed by atoms with Crippen molar-refractivity contribution in [3.8, 4) is 28.7 Å². The number of hydrogen-bond acceptors (Lipinski definition) is 8. The number of carbonyl (C=O) groups excluding carboxylic acids is 1. The van der Waals surface area contributed by atoms with Gasteiger partial charge in [0, 0.05) is 48.9 Å². The smallest absolute Gasteiger partial charge is 0.249 e. The van der Waals surface area contributed by atoms with E-state index in [1.54, 1.807) is 47.3 Å². The molecule has 2 aliphatic rings. The molecule has 2 aromatic carbocycles. The van der Waals surface area contributed by atoms with Crippen LogP contribution in [0.1, 0.15) is 17.5 Å². The lowest BCUT2D eigenvalue weighted by Crippen LogP contribution is -2.48. The van der Waals surface area contributed by atoms with Crippen molar-refractivity contribution in [2.75, 3.05) is 67.5 Å². The van der Waals surface area contributed by atoms with Gasteiger partial charge in [0.1, 0.15) is 0 Å². The summed E-state index contributed by atoms with van der Waals surface area (Å²) in [6, 6.07) is 7.90. The summed E-state index contributed by atoms with van der Waals surface area (Å²) in [6.45, 7) is 3.71. The third-order valence-corrected chi connectivity index (χ3v) is 7.61. The Morgan fingerprint density at radius 2 is 1.42 bits per heavy atom. The monoisotopic (exact) mass is 514 g/mol. The zero-order valence-electron chi connectivity index (χ0n) is 21.6. The van der Waals surface area contributed by atoms with Gasteiger partial charge in [0.2, 0.25) is 11.7 Å². The molecule has 0 unspecified atom stereocenters. The van der Waals surface area contributed by atoms with Crippen LogP contribution in [-0.2, 0) is 11.3 Å². The van der Waals surface area contributed by atoms with Gasteiger partial charge in [0.15, 0.2) is 23.0 Å². The average Bonchev–Trinajstić information content (AvgIpc) is 3.13. The molecule has 4 rings (SSSR count). The second-order valence-corrected chi connectivity index (χ2v) is 9.75. The molecule has 0 atom stereocenters. The molecule has 9 heteroatoms. The van der Waals surface area contributed by atoms with Crippen LogP contribution >= 0.6 is 11.8 Å². The number of piperazine rings is 1. The largest absolute Gasteiger partial charge is 0.493 e. The summed E-state index contributed by atoms with van der Waals surface area (Å²) in [7, 11) is 8.11. The lowest BCUT2D eigenvalue weighted by molar-refractivity contribution is -0.128. The minimum Gasteiger partial charge on any atom is -0.493 e. The van der Waals surface area contributed by atoms with Crippen molar-refractivity contribution in [2.24, 2.45) is 0 Å². The molecule has 194 valence electrons. The quantitative estimate of drug-likeness (QED) is 0.525. The van der Waals surface area contributed by atoms with Gasteiger partial charge in [-0.2, -0.15) is 0 Å². The third-order valence-electron chi connectivity index (χ3n) is 6.54. The molecular formula is C27H34N2O6S. The van der Waals surface area contributed by atoms with Gasteiger partial charge < -0.3 is 28.6 Å². The van der Waals surface area contributed by atoms with Crippen molar-refractivity contribution in [1.82, 2.24) is 9.80 Å². The molecule has 1 amide bonds. The minimum absolute atomic E-state index is 0.116. The molecular weight excluding hydrogens is 480 g/mol. The molecule has 2 aromatic rings. The summed E-state index contributed by atoms with van der Waals surface area (Å²) in [5.41, 5.74) is 2.92. The predicted octanol–water partition coefficient (Wildman–Crippen LogP) is 3.95. The van der Waals surface area contributed by atoms with E-state index in [1.807, 2.05) is 35.2 Å². The van der Waals surface area contributed by atoms with E-state index in [0.29, 0.717) is 41.8 Å². The number of fused-ring (bicyclic) bond motifs is 1. The number of rotatable bonds is 8. The van der Waals surface area contributed by atoms with Crippen LogP contribution < -0.4 is 23.7 Å². The summed E-state index contributed by atoms with van der Waals surface area (Å²) >= 11 is 1.74. The maximum absolute atomic E-state index is 13.4. The standard InChI is InChI=1S/C27H34N2O6S/c1-31-21-15-20-14-19(6-11-36-25(20)16-22(21)32-2)27(30)29-9-7-28(8-10-29)17-18-12-23(33-3)26(35-5)24(13-18)34-4/h12-16H,6-11,17H2,1-5H3. The molecule has 2 heterocycles. The second-order valence-electron chi connectivity index (χ2n) is 8.61. The van der Waals surface area contributed by atoms with Crippen LogP contribution in [0.3, 0.4) is 0 Å². The van der Waals surface area contributed by atoms with Crippen molar-refractivity contribution in [3.63, 3.8) is 0 Å². The van der Waals surface area contributed by atoms with E-state index in [1.165, 1.54) is 0 Å². The van der Waals surface area contributed by atoms with Crippen molar-refractivity contribution in [1.29, 1.82) is 0 Å². The number of carbonyl (C=O) groups is 1. The lowest BCUT2D eigenvalue weighted by Gasteiger charge is -2.35. The molecule has 2 aliphatic heterocycles. The molecule has 0 spiro atoms. The summed E-state index contributed by atoms with van der Waals surface area (Å²) in [5.74, 6) is 4.22. The SMILES string of the molecule is COc1cc2c(cc1OC)SCCC(C(=O)N1CCN(Cc3cc(OC)c(OC)c(OC)c3)CC1)=C2. The van der Waals surface area contributed by atoms with Crippen LogP contribution in [0, 0.1) is 0 Å². The highest BCUT2D eigenvalue weighted by atomic mass is 32.2. The van der Waals surface area contributed by atoms with Gasteiger partial charge in [-0.05, 0) is 47.9 Å². The summed E-state index contributed by atoms with van der Waals surface area (Å²) < 4.78 is 27.3. The second kappa shape index (κ2) is 11.8. The van der Waals surface area contributed by atoms with Crippen LogP contribution in [0.2, 0.25) is 0 Å².